The first-order chi connectivity index (χ1) is 10.2. The second kappa shape index (κ2) is 8.38. The molecule has 0 rings (SSSR count). The number of hydrogen-bond acceptors (Lipinski definition) is 2. The molecule has 0 aliphatic carbocycles. The van der Waals surface area contributed by atoms with Gasteiger partial charge in [-0.1, -0.05) is 54.3 Å². The molecule has 1 atom stereocenters. The van der Waals surface area contributed by atoms with E-state index in [2.05, 4.69) is 83.3 Å². The van der Waals surface area contributed by atoms with Gasteiger partial charge in [0.1, 0.15) is 7.28 Å². The summed E-state index contributed by atoms with van der Waals surface area (Å²) < 4.78 is 12.7. The molecular weight excluding hydrogens is 283 g/mol. The average molecular weight is 325 g/mol. The molecule has 0 aromatic rings. The van der Waals surface area contributed by atoms with Gasteiger partial charge in [-0.05, 0) is 46.5 Å². The van der Waals surface area contributed by atoms with Gasteiger partial charge in [0.25, 0.3) is 0 Å². The Labute approximate surface area is 147 Å². The van der Waals surface area contributed by atoms with Crippen molar-refractivity contribution in [1.82, 2.24) is 0 Å². The Morgan fingerprint density at radius 2 is 1.43 bits per heavy atom. The highest BCUT2D eigenvalue weighted by Gasteiger charge is 2.43. The van der Waals surface area contributed by atoms with E-state index >= 15 is 0 Å². The molecule has 3 heteroatoms. The predicted octanol–water partition coefficient (Wildman–Crippen LogP) is 5.92. The van der Waals surface area contributed by atoms with Crippen LogP contribution in [0.15, 0.2) is 0 Å². The zero-order valence-electron chi connectivity index (χ0n) is 17.8. The Balaban J connectivity index is 5.03. The highest BCUT2D eigenvalue weighted by molar-refractivity contribution is 6.35. The van der Waals surface area contributed by atoms with E-state index in [0.717, 1.165) is 0 Å². The normalized spacial score (nSPS) is 15.6. The fourth-order valence-electron chi connectivity index (χ4n) is 2.50. The van der Waals surface area contributed by atoms with Crippen LogP contribution in [0.5, 0.6) is 0 Å². The zero-order chi connectivity index (χ0) is 18.5. The number of ether oxygens (including phenoxy) is 2. The van der Waals surface area contributed by atoms with Crippen molar-refractivity contribution >= 4 is 7.28 Å². The first-order valence-corrected chi connectivity index (χ1v) is 9.30. The first kappa shape index (κ1) is 23.0. The summed E-state index contributed by atoms with van der Waals surface area (Å²) in [6, 6.07) is 0.151. The summed E-state index contributed by atoms with van der Waals surface area (Å²) in [6.07, 6.45) is 3.67. The Bertz CT molecular complexity index is 340. The van der Waals surface area contributed by atoms with Crippen molar-refractivity contribution in [2.45, 2.75) is 113 Å². The highest BCUT2D eigenvalue weighted by atomic mass is 16.5. The zero-order valence-corrected chi connectivity index (χ0v) is 17.8. The van der Waals surface area contributed by atoms with Crippen LogP contribution < -0.4 is 0 Å². The van der Waals surface area contributed by atoms with Gasteiger partial charge in [-0.25, -0.2) is 0 Å². The molecular formula is C20H42BO2. The predicted molar refractivity (Wildman–Crippen MR) is 103 cm³/mol. The molecule has 0 spiro atoms. The summed E-state index contributed by atoms with van der Waals surface area (Å²) >= 11 is 0. The third kappa shape index (κ3) is 7.60. The van der Waals surface area contributed by atoms with Crippen molar-refractivity contribution in [3.8, 4) is 0 Å². The van der Waals surface area contributed by atoms with Gasteiger partial charge >= 0.3 is 0 Å². The molecule has 0 amide bonds. The molecule has 0 bridgehead atoms. The van der Waals surface area contributed by atoms with Crippen LogP contribution in [0.1, 0.15) is 88.5 Å². The van der Waals surface area contributed by atoms with Crippen molar-refractivity contribution in [2.24, 2.45) is 10.8 Å². The quantitative estimate of drug-likeness (QED) is 0.464. The van der Waals surface area contributed by atoms with Crippen LogP contribution in [-0.2, 0) is 9.47 Å². The minimum Gasteiger partial charge on any atom is -0.380 e. The van der Waals surface area contributed by atoms with Crippen molar-refractivity contribution in [1.29, 1.82) is 0 Å². The van der Waals surface area contributed by atoms with E-state index in [1.165, 1.54) is 19.3 Å². The molecule has 0 saturated carbocycles. The summed E-state index contributed by atoms with van der Waals surface area (Å²) in [5, 5.41) is 0. The summed E-state index contributed by atoms with van der Waals surface area (Å²) in [5.41, 5.74) is -0.297. The van der Waals surface area contributed by atoms with Crippen LogP contribution in [0.2, 0.25) is 6.82 Å². The maximum Gasteiger partial charge on any atom is 0.146 e. The fourth-order valence-corrected chi connectivity index (χ4v) is 2.50. The van der Waals surface area contributed by atoms with Crippen LogP contribution in [0.3, 0.4) is 0 Å². The average Bonchev–Trinajstić information content (AvgIpc) is 2.39. The van der Waals surface area contributed by atoms with E-state index in [9.17, 15) is 0 Å². The van der Waals surface area contributed by atoms with Gasteiger partial charge in [0.05, 0.1) is 17.8 Å². The maximum atomic E-state index is 6.64. The van der Waals surface area contributed by atoms with Crippen molar-refractivity contribution in [3.05, 3.63) is 0 Å². The molecule has 137 valence electrons. The lowest BCUT2D eigenvalue weighted by atomic mass is 9.60. The Kier molecular flexibility index (Phi) is 8.38. The van der Waals surface area contributed by atoms with Gasteiger partial charge < -0.3 is 9.47 Å². The van der Waals surface area contributed by atoms with Crippen molar-refractivity contribution in [2.75, 3.05) is 6.61 Å². The molecule has 0 saturated heterocycles. The van der Waals surface area contributed by atoms with Gasteiger partial charge in [0, 0.05) is 11.4 Å². The number of hydrogen-bond donors (Lipinski definition) is 0. The van der Waals surface area contributed by atoms with E-state index in [1.807, 2.05) is 0 Å². The van der Waals surface area contributed by atoms with Crippen molar-refractivity contribution < 1.29 is 9.47 Å². The Morgan fingerprint density at radius 1 is 0.913 bits per heavy atom. The van der Waals surface area contributed by atoms with Crippen LogP contribution in [-0.4, -0.2) is 31.1 Å². The largest absolute Gasteiger partial charge is 0.380 e. The van der Waals surface area contributed by atoms with Crippen LogP contribution in [0, 0.1) is 10.8 Å². The molecule has 0 aromatic heterocycles. The lowest BCUT2D eigenvalue weighted by Gasteiger charge is -2.47. The molecule has 0 aliphatic rings. The molecule has 23 heavy (non-hydrogen) atoms. The molecule has 1 radical (unpaired) electrons. The Morgan fingerprint density at radius 3 is 1.83 bits per heavy atom. The molecule has 0 aromatic carbocycles. The second-order valence-corrected chi connectivity index (χ2v) is 9.76. The van der Waals surface area contributed by atoms with Crippen molar-refractivity contribution in [3.63, 3.8) is 0 Å². The van der Waals surface area contributed by atoms with Gasteiger partial charge in [-0.3, -0.25) is 0 Å². The number of unbranched alkanes of at least 4 members (excludes halogenated alkanes) is 1. The van der Waals surface area contributed by atoms with Crippen LogP contribution in [0.25, 0.3) is 0 Å². The molecule has 0 aliphatic heterocycles. The second-order valence-electron chi connectivity index (χ2n) is 9.76. The molecule has 0 N–H and O–H groups in total. The third-order valence-electron chi connectivity index (χ3n) is 5.17. The van der Waals surface area contributed by atoms with E-state index < -0.39 is 0 Å². The van der Waals surface area contributed by atoms with E-state index in [-0.39, 0.29) is 28.0 Å². The van der Waals surface area contributed by atoms with E-state index in [4.69, 9.17) is 9.47 Å². The van der Waals surface area contributed by atoms with Gasteiger partial charge in [-0.15, -0.1) is 0 Å². The summed E-state index contributed by atoms with van der Waals surface area (Å²) in [6.45, 7) is 24.9. The SMILES string of the molecule is C[B]C(OC(C)(C)C(C)(C)COC(C)(C)C)C(C)(C)CCCC. The first-order valence-electron chi connectivity index (χ1n) is 9.30. The van der Waals surface area contributed by atoms with Crippen LogP contribution in [0.4, 0.5) is 0 Å². The van der Waals surface area contributed by atoms with Gasteiger partial charge in [-0.2, -0.15) is 0 Å². The minimum atomic E-state index is -0.265. The summed E-state index contributed by atoms with van der Waals surface area (Å²) in [7, 11) is 2.22. The maximum absolute atomic E-state index is 6.64. The van der Waals surface area contributed by atoms with Gasteiger partial charge in [0.2, 0.25) is 0 Å². The third-order valence-corrected chi connectivity index (χ3v) is 5.17. The molecule has 2 nitrogen and oxygen atoms in total. The summed E-state index contributed by atoms with van der Waals surface area (Å²) in [4.78, 5) is 0. The van der Waals surface area contributed by atoms with Gasteiger partial charge in [0.15, 0.2) is 0 Å². The Hall–Kier alpha value is -0.0151. The topological polar surface area (TPSA) is 18.5 Å². The fraction of sp³-hybridized carbons (Fsp3) is 1.00. The lowest BCUT2D eigenvalue weighted by Crippen LogP contribution is -2.51. The molecule has 0 heterocycles. The lowest BCUT2D eigenvalue weighted by molar-refractivity contribution is -0.171. The number of rotatable bonds is 10. The van der Waals surface area contributed by atoms with Crippen LogP contribution >= 0.6 is 0 Å². The molecule has 0 fully saturated rings. The summed E-state index contributed by atoms with van der Waals surface area (Å²) in [5.74, 6) is 0. The highest BCUT2D eigenvalue weighted by Crippen LogP contribution is 2.40. The van der Waals surface area contributed by atoms with E-state index in [0.29, 0.717) is 6.61 Å². The standard InChI is InChI=1S/C20H42BO2/c1-12-13-14-18(5,6)16(21-11)23-20(9,10)19(7,8)15-22-17(2,3)4/h16H,12-15H2,1-11H3. The smallest absolute Gasteiger partial charge is 0.146 e. The minimum absolute atomic E-state index is 0.0671. The van der Waals surface area contributed by atoms with E-state index in [1.54, 1.807) is 0 Å². The monoisotopic (exact) mass is 325 g/mol. The molecule has 1 unspecified atom stereocenters.